The molecular weight excluding hydrogens is 438 g/mol. The minimum atomic E-state index is -4.12. The molecule has 3 rings (SSSR count). The third kappa shape index (κ3) is 6.91. The molecule has 0 fully saturated rings. The molecular formula is C26H29NO5S. The molecule has 0 unspecified atom stereocenters. The van der Waals surface area contributed by atoms with Crippen LogP contribution in [0.15, 0.2) is 84.9 Å². The van der Waals surface area contributed by atoms with Gasteiger partial charge in [0.25, 0.3) is 10.1 Å². The first-order valence-corrected chi connectivity index (χ1v) is 12.2. The molecule has 6 nitrogen and oxygen atoms in total. The zero-order valence-corrected chi connectivity index (χ0v) is 19.8. The molecule has 0 bridgehead atoms. The molecule has 0 radical (unpaired) electrons. The lowest BCUT2D eigenvalue weighted by Crippen LogP contribution is -2.37. The summed E-state index contributed by atoms with van der Waals surface area (Å²) in [7, 11) is -4.12. The number of benzene rings is 3. The van der Waals surface area contributed by atoms with Crippen molar-refractivity contribution in [2.45, 2.75) is 44.8 Å². The van der Waals surface area contributed by atoms with E-state index in [0.717, 1.165) is 11.1 Å². The minimum Gasteiger partial charge on any atom is -0.445 e. The molecule has 0 saturated heterocycles. The first-order valence-electron chi connectivity index (χ1n) is 10.8. The second kappa shape index (κ2) is 11.1. The molecule has 0 aromatic heterocycles. The van der Waals surface area contributed by atoms with Gasteiger partial charge in [-0.1, -0.05) is 90.5 Å². The van der Waals surface area contributed by atoms with Crippen molar-refractivity contribution in [2.75, 3.05) is 0 Å². The van der Waals surface area contributed by atoms with Crippen LogP contribution in [0.4, 0.5) is 4.79 Å². The molecule has 3 aromatic rings. The fourth-order valence-corrected chi connectivity index (χ4v) is 5.20. The zero-order chi connectivity index (χ0) is 23.8. The van der Waals surface area contributed by atoms with Crippen LogP contribution < -0.4 is 5.32 Å². The van der Waals surface area contributed by atoms with Gasteiger partial charge in [-0.3, -0.25) is 4.18 Å². The molecule has 0 heterocycles. The van der Waals surface area contributed by atoms with Gasteiger partial charge in [-0.05, 0) is 37.5 Å². The van der Waals surface area contributed by atoms with E-state index in [-0.39, 0.29) is 6.61 Å². The number of carbonyl (C=O) groups excluding carboxylic acids is 1. The molecule has 1 N–H and O–H groups in total. The van der Waals surface area contributed by atoms with Crippen LogP contribution in [0, 0.1) is 6.92 Å². The first kappa shape index (κ1) is 24.5. The Balaban J connectivity index is 1.97. The van der Waals surface area contributed by atoms with E-state index >= 15 is 0 Å². The lowest BCUT2D eigenvalue weighted by atomic mass is 9.97. The molecule has 0 spiro atoms. The van der Waals surface area contributed by atoms with Crippen molar-refractivity contribution in [3.05, 3.63) is 107 Å². The van der Waals surface area contributed by atoms with Crippen molar-refractivity contribution in [3.63, 3.8) is 0 Å². The Bertz CT molecular complexity index is 1130. The van der Waals surface area contributed by atoms with E-state index in [1.165, 1.54) is 0 Å². The predicted octanol–water partition coefficient (Wildman–Crippen LogP) is 5.46. The van der Waals surface area contributed by atoms with Crippen molar-refractivity contribution < 1.29 is 22.1 Å². The monoisotopic (exact) mass is 467 g/mol. The number of rotatable bonds is 9. The van der Waals surface area contributed by atoms with E-state index in [9.17, 15) is 13.2 Å². The van der Waals surface area contributed by atoms with E-state index in [4.69, 9.17) is 8.92 Å². The molecule has 0 saturated carbocycles. The Hall–Kier alpha value is -3.16. The van der Waals surface area contributed by atoms with Gasteiger partial charge in [0.05, 0.1) is 12.1 Å². The van der Waals surface area contributed by atoms with E-state index in [0.29, 0.717) is 11.1 Å². The number of ether oxygens (including phenoxy) is 1. The Morgan fingerprint density at radius 3 is 2.00 bits per heavy atom. The summed E-state index contributed by atoms with van der Waals surface area (Å²) in [5.41, 5.74) is 2.98. The summed E-state index contributed by atoms with van der Waals surface area (Å²) in [6.07, 6.45) is -1.27. The number of aryl methyl sites for hydroxylation is 1. The summed E-state index contributed by atoms with van der Waals surface area (Å²) in [5, 5.41) is 1.61. The van der Waals surface area contributed by atoms with E-state index < -0.39 is 33.6 Å². The maximum Gasteiger partial charge on any atom is 0.408 e. The van der Waals surface area contributed by atoms with E-state index in [1.54, 1.807) is 56.3 Å². The molecule has 3 aromatic carbocycles. The highest BCUT2D eigenvalue weighted by atomic mass is 32.2. The maximum atomic E-state index is 13.4. The van der Waals surface area contributed by atoms with Gasteiger partial charge < -0.3 is 10.1 Å². The SMILES string of the molecule is Cc1ccc([C@@H](NC(=O)OCc2ccccc2)[C@H](c2ccccc2)S(=O)(=O)OC(C)C)cc1. The van der Waals surface area contributed by atoms with Crippen LogP contribution in [0.1, 0.15) is 47.4 Å². The van der Waals surface area contributed by atoms with Gasteiger partial charge in [0.15, 0.2) is 0 Å². The highest BCUT2D eigenvalue weighted by molar-refractivity contribution is 7.87. The lowest BCUT2D eigenvalue weighted by molar-refractivity contribution is 0.135. The number of amides is 1. The van der Waals surface area contributed by atoms with Gasteiger partial charge >= 0.3 is 6.09 Å². The van der Waals surface area contributed by atoms with Crippen LogP contribution in [0.2, 0.25) is 0 Å². The van der Waals surface area contributed by atoms with Crippen molar-refractivity contribution >= 4 is 16.2 Å². The second-order valence-corrected chi connectivity index (χ2v) is 9.75. The summed E-state index contributed by atoms with van der Waals surface area (Å²) in [4.78, 5) is 12.8. The van der Waals surface area contributed by atoms with Crippen LogP contribution in [-0.4, -0.2) is 20.6 Å². The lowest BCUT2D eigenvalue weighted by Gasteiger charge is -2.29. The van der Waals surface area contributed by atoms with E-state index in [2.05, 4.69) is 5.32 Å². The average molecular weight is 468 g/mol. The standard InChI is InChI=1S/C26H29NO5S/c1-19(2)32-33(29,30)25(23-12-8-5-9-13-23)24(22-16-14-20(3)15-17-22)27-26(28)31-18-21-10-6-4-7-11-21/h4-17,19,24-25H,18H2,1-3H3,(H,27,28)/t24-,25+/m1/s1. The van der Waals surface area contributed by atoms with Gasteiger partial charge in [0.2, 0.25) is 0 Å². The first-order chi connectivity index (χ1) is 15.8. The van der Waals surface area contributed by atoms with E-state index in [1.807, 2.05) is 49.4 Å². The van der Waals surface area contributed by atoms with Crippen molar-refractivity contribution in [3.8, 4) is 0 Å². The summed E-state index contributed by atoms with van der Waals surface area (Å²) in [6.45, 7) is 5.32. The molecule has 33 heavy (non-hydrogen) atoms. The third-order valence-electron chi connectivity index (χ3n) is 4.99. The molecule has 2 atom stereocenters. The normalized spacial score (nSPS) is 13.3. The molecule has 0 aliphatic carbocycles. The van der Waals surface area contributed by atoms with Crippen LogP contribution in [-0.2, 0) is 25.6 Å². The number of alkyl carbamates (subject to hydrolysis) is 1. The van der Waals surface area contributed by atoms with Gasteiger partial charge in [-0.2, -0.15) is 8.42 Å². The Morgan fingerprint density at radius 1 is 0.848 bits per heavy atom. The summed E-state index contributed by atoms with van der Waals surface area (Å²) in [6, 6.07) is 24.4. The Morgan fingerprint density at radius 2 is 1.42 bits per heavy atom. The number of hydrogen-bond acceptors (Lipinski definition) is 5. The maximum absolute atomic E-state index is 13.4. The number of hydrogen-bond donors (Lipinski definition) is 1. The van der Waals surface area contributed by atoms with Crippen LogP contribution in [0.3, 0.4) is 0 Å². The van der Waals surface area contributed by atoms with Crippen molar-refractivity contribution in [2.24, 2.45) is 0 Å². The Labute approximate surface area is 195 Å². The summed E-state index contributed by atoms with van der Waals surface area (Å²) in [5.74, 6) is 0. The highest BCUT2D eigenvalue weighted by Gasteiger charge is 2.39. The fourth-order valence-electron chi connectivity index (χ4n) is 3.50. The van der Waals surface area contributed by atoms with Gasteiger partial charge in [-0.15, -0.1) is 0 Å². The minimum absolute atomic E-state index is 0.0680. The van der Waals surface area contributed by atoms with Crippen LogP contribution in [0.5, 0.6) is 0 Å². The average Bonchev–Trinajstić information content (AvgIpc) is 2.78. The number of nitrogens with one attached hydrogen (secondary N) is 1. The van der Waals surface area contributed by atoms with Crippen LogP contribution >= 0.6 is 0 Å². The van der Waals surface area contributed by atoms with Crippen molar-refractivity contribution in [1.82, 2.24) is 5.32 Å². The van der Waals surface area contributed by atoms with Gasteiger partial charge in [0.1, 0.15) is 11.9 Å². The number of carbonyl (C=O) groups is 1. The highest BCUT2D eigenvalue weighted by Crippen LogP contribution is 2.37. The molecule has 174 valence electrons. The van der Waals surface area contributed by atoms with Gasteiger partial charge in [0, 0.05) is 0 Å². The predicted molar refractivity (Wildman–Crippen MR) is 128 cm³/mol. The molecule has 1 amide bonds. The fraction of sp³-hybridized carbons (Fsp3) is 0.269. The van der Waals surface area contributed by atoms with Crippen molar-refractivity contribution in [1.29, 1.82) is 0 Å². The summed E-state index contributed by atoms with van der Waals surface area (Å²) >= 11 is 0. The second-order valence-electron chi connectivity index (χ2n) is 8.06. The molecule has 7 heteroatoms. The van der Waals surface area contributed by atoms with Gasteiger partial charge in [-0.25, -0.2) is 4.79 Å². The smallest absolute Gasteiger partial charge is 0.408 e. The zero-order valence-electron chi connectivity index (χ0n) is 19.0. The third-order valence-corrected chi connectivity index (χ3v) is 6.81. The Kier molecular flexibility index (Phi) is 8.25. The molecule has 0 aliphatic heterocycles. The topological polar surface area (TPSA) is 81.7 Å². The quantitative estimate of drug-likeness (QED) is 0.423. The summed E-state index contributed by atoms with van der Waals surface area (Å²) < 4.78 is 37.5. The molecule has 0 aliphatic rings. The van der Waals surface area contributed by atoms with Crippen LogP contribution in [0.25, 0.3) is 0 Å². The largest absolute Gasteiger partial charge is 0.445 e.